The van der Waals surface area contributed by atoms with Gasteiger partial charge in [0.05, 0.1) is 6.33 Å². The molecule has 1 unspecified atom stereocenters. The lowest BCUT2D eigenvalue weighted by Gasteiger charge is -2.10. The number of carbonyl (C=O) groups is 1. The molecule has 1 rings (SSSR count). The number of hydrazone groups is 1. The second-order valence-corrected chi connectivity index (χ2v) is 2.84. The maximum Gasteiger partial charge on any atom is 0.328 e. The number of aromatic amines is 1. The average Bonchev–Trinajstić information content (AvgIpc) is 2.63. The molecule has 0 spiro atoms. The van der Waals surface area contributed by atoms with Crippen LogP contribution in [0.15, 0.2) is 17.6 Å². The summed E-state index contributed by atoms with van der Waals surface area (Å²) in [6, 6.07) is -0.896. The zero-order chi connectivity index (χ0) is 11.3. The molecule has 1 aromatic heterocycles. The van der Waals surface area contributed by atoms with E-state index in [2.05, 4.69) is 20.5 Å². The zero-order valence-electron chi connectivity index (χ0n) is 7.84. The normalized spacial score (nSPS) is 11.7. The van der Waals surface area contributed by atoms with Crippen LogP contribution in [0.2, 0.25) is 0 Å². The molecule has 0 radical (unpaired) electrons. The quantitative estimate of drug-likeness (QED) is 0.221. The van der Waals surface area contributed by atoms with E-state index in [1.807, 2.05) is 0 Å². The molecule has 0 saturated heterocycles. The number of guanidine groups is 1. The third kappa shape index (κ3) is 3.55. The maximum absolute atomic E-state index is 10.8. The molecular weight excluding hydrogens is 200 g/mol. The predicted molar refractivity (Wildman–Crippen MR) is 52.7 cm³/mol. The van der Waals surface area contributed by atoms with Gasteiger partial charge in [0.25, 0.3) is 0 Å². The van der Waals surface area contributed by atoms with Gasteiger partial charge in [-0.2, -0.15) is 0 Å². The van der Waals surface area contributed by atoms with E-state index in [1.165, 1.54) is 12.5 Å². The standard InChI is InChI=1S/C7H12N6O2/c8-7(9)13-12-5(6(14)15)1-4-2-10-3-11-4/h2-3,5,12H,1H2,(H,10,11)(H,14,15)(H4,8,9,13). The molecule has 15 heavy (non-hydrogen) atoms. The molecule has 0 aliphatic heterocycles. The summed E-state index contributed by atoms with van der Waals surface area (Å²) < 4.78 is 0. The summed E-state index contributed by atoms with van der Waals surface area (Å²) >= 11 is 0. The summed E-state index contributed by atoms with van der Waals surface area (Å²) in [5.41, 5.74) is 13.2. The van der Waals surface area contributed by atoms with Crippen LogP contribution in [0.3, 0.4) is 0 Å². The molecule has 0 aliphatic rings. The number of carboxylic acid groups (broad SMARTS) is 1. The Morgan fingerprint density at radius 3 is 2.93 bits per heavy atom. The average molecular weight is 212 g/mol. The van der Waals surface area contributed by atoms with E-state index >= 15 is 0 Å². The van der Waals surface area contributed by atoms with E-state index in [9.17, 15) is 4.79 Å². The van der Waals surface area contributed by atoms with E-state index in [-0.39, 0.29) is 12.4 Å². The number of imidazole rings is 1. The third-order valence-corrected chi connectivity index (χ3v) is 1.63. The second-order valence-electron chi connectivity index (χ2n) is 2.84. The van der Waals surface area contributed by atoms with Crippen LogP contribution >= 0.6 is 0 Å². The Bertz CT molecular complexity index is 342. The zero-order valence-corrected chi connectivity index (χ0v) is 7.84. The first kappa shape index (κ1) is 10.8. The number of carboxylic acids is 1. The van der Waals surface area contributed by atoms with Crippen molar-refractivity contribution in [3.05, 3.63) is 18.2 Å². The Morgan fingerprint density at radius 1 is 1.73 bits per heavy atom. The van der Waals surface area contributed by atoms with Crippen molar-refractivity contribution in [2.75, 3.05) is 0 Å². The molecule has 0 saturated carbocycles. The summed E-state index contributed by atoms with van der Waals surface area (Å²) in [4.78, 5) is 17.3. The second kappa shape index (κ2) is 4.84. The molecule has 1 atom stereocenters. The Morgan fingerprint density at radius 2 is 2.47 bits per heavy atom. The van der Waals surface area contributed by atoms with E-state index in [0.717, 1.165) is 0 Å². The lowest BCUT2D eigenvalue weighted by Crippen LogP contribution is -2.38. The van der Waals surface area contributed by atoms with Gasteiger partial charge in [0.1, 0.15) is 6.04 Å². The SMILES string of the molecule is NC(N)=NNC(Cc1cnc[nH]1)C(=O)O. The predicted octanol–water partition coefficient (Wildman–Crippen LogP) is -1.82. The van der Waals surface area contributed by atoms with Crippen LogP contribution in [0.4, 0.5) is 0 Å². The highest BCUT2D eigenvalue weighted by molar-refractivity contribution is 5.77. The number of rotatable bonds is 5. The molecule has 8 heteroatoms. The van der Waals surface area contributed by atoms with Crippen LogP contribution in [-0.4, -0.2) is 33.0 Å². The van der Waals surface area contributed by atoms with Crippen molar-refractivity contribution in [3.63, 3.8) is 0 Å². The third-order valence-electron chi connectivity index (χ3n) is 1.63. The molecule has 0 aliphatic carbocycles. The van der Waals surface area contributed by atoms with Gasteiger partial charge in [-0.05, 0) is 0 Å². The molecule has 0 fully saturated rings. The fraction of sp³-hybridized carbons (Fsp3) is 0.286. The first-order chi connectivity index (χ1) is 7.09. The Hall–Kier alpha value is -2.25. The molecule has 82 valence electrons. The molecule has 0 aromatic carbocycles. The van der Waals surface area contributed by atoms with Gasteiger partial charge in [-0.1, -0.05) is 0 Å². The number of hydrogen-bond donors (Lipinski definition) is 5. The summed E-state index contributed by atoms with van der Waals surface area (Å²) in [5.74, 6) is -1.26. The molecule has 7 N–H and O–H groups in total. The minimum atomic E-state index is -1.05. The van der Waals surface area contributed by atoms with Crippen molar-refractivity contribution in [2.24, 2.45) is 16.6 Å². The number of aromatic nitrogens is 2. The number of hydrogen-bond acceptors (Lipinski definition) is 4. The largest absolute Gasteiger partial charge is 0.480 e. The van der Waals surface area contributed by atoms with Crippen molar-refractivity contribution >= 4 is 11.9 Å². The van der Waals surface area contributed by atoms with Gasteiger partial charge in [-0.15, -0.1) is 5.10 Å². The summed E-state index contributed by atoms with van der Waals surface area (Å²) in [5, 5.41) is 12.3. The van der Waals surface area contributed by atoms with Crippen LogP contribution in [0.5, 0.6) is 0 Å². The lowest BCUT2D eigenvalue weighted by atomic mass is 10.2. The summed E-state index contributed by atoms with van der Waals surface area (Å²) in [7, 11) is 0. The van der Waals surface area contributed by atoms with Crippen LogP contribution in [0, 0.1) is 0 Å². The highest BCUT2D eigenvalue weighted by Crippen LogP contribution is 1.98. The molecule has 1 aromatic rings. The van der Waals surface area contributed by atoms with Crippen LogP contribution in [-0.2, 0) is 11.2 Å². The monoisotopic (exact) mass is 212 g/mol. The van der Waals surface area contributed by atoms with Crippen molar-refractivity contribution < 1.29 is 9.90 Å². The van der Waals surface area contributed by atoms with E-state index in [4.69, 9.17) is 16.6 Å². The fourth-order valence-electron chi connectivity index (χ4n) is 0.957. The number of H-pyrrole nitrogens is 1. The van der Waals surface area contributed by atoms with Crippen molar-refractivity contribution in [1.29, 1.82) is 0 Å². The fourth-order valence-corrected chi connectivity index (χ4v) is 0.957. The van der Waals surface area contributed by atoms with Gasteiger partial charge in [0.2, 0.25) is 5.96 Å². The molecule has 1 heterocycles. The van der Waals surface area contributed by atoms with Crippen molar-refractivity contribution in [2.45, 2.75) is 12.5 Å². The Kier molecular flexibility index (Phi) is 3.49. The lowest BCUT2D eigenvalue weighted by molar-refractivity contribution is -0.139. The maximum atomic E-state index is 10.8. The number of nitrogens with one attached hydrogen (secondary N) is 2. The van der Waals surface area contributed by atoms with Crippen LogP contribution in [0.1, 0.15) is 5.69 Å². The van der Waals surface area contributed by atoms with Gasteiger partial charge in [0, 0.05) is 18.3 Å². The highest BCUT2D eigenvalue weighted by Gasteiger charge is 2.17. The van der Waals surface area contributed by atoms with Gasteiger partial charge in [-0.3, -0.25) is 5.43 Å². The first-order valence-corrected chi connectivity index (χ1v) is 4.14. The molecule has 8 nitrogen and oxygen atoms in total. The van der Waals surface area contributed by atoms with Gasteiger partial charge in [-0.25, -0.2) is 9.78 Å². The minimum Gasteiger partial charge on any atom is -0.480 e. The van der Waals surface area contributed by atoms with Crippen LogP contribution < -0.4 is 16.9 Å². The number of nitrogens with zero attached hydrogens (tertiary/aromatic N) is 2. The first-order valence-electron chi connectivity index (χ1n) is 4.14. The minimum absolute atomic E-state index is 0.214. The van der Waals surface area contributed by atoms with Crippen molar-refractivity contribution in [3.8, 4) is 0 Å². The Labute approximate surface area is 85.4 Å². The van der Waals surface area contributed by atoms with E-state index in [0.29, 0.717) is 5.69 Å². The number of nitrogens with two attached hydrogens (primary N) is 2. The molecule has 0 bridgehead atoms. The molecule has 0 amide bonds. The van der Waals surface area contributed by atoms with Gasteiger partial charge >= 0.3 is 5.97 Å². The number of aliphatic carboxylic acids is 1. The summed E-state index contributed by atoms with van der Waals surface area (Å²) in [6.07, 6.45) is 3.22. The highest BCUT2D eigenvalue weighted by atomic mass is 16.4. The Balaban J connectivity index is 2.59. The topological polar surface area (TPSA) is 142 Å². The van der Waals surface area contributed by atoms with Gasteiger partial charge in [0.15, 0.2) is 0 Å². The van der Waals surface area contributed by atoms with E-state index in [1.54, 1.807) is 0 Å². The van der Waals surface area contributed by atoms with Crippen molar-refractivity contribution in [1.82, 2.24) is 15.4 Å². The van der Waals surface area contributed by atoms with E-state index < -0.39 is 12.0 Å². The summed E-state index contributed by atoms with van der Waals surface area (Å²) in [6.45, 7) is 0. The van der Waals surface area contributed by atoms with Gasteiger partial charge < -0.3 is 21.6 Å². The smallest absolute Gasteiger partial charge is 0.328 e. The molecular formula is C7H12N6O2. The van der Waals surface area contributed by atoms with Crippen LogP contribution in [0.25, 0.3) is 0 Å².